The van der Waals surface area contributed by atoms with E-state index in [9.17, 15) is 4.39 Å². The normalized spacial score (nSPS) is 17.2. The third-order valence-corrected chi connectivity index (χ3v) is 3.56. The molecule has 16 heavy (non-hydrogen) atoms. The first kappa shape index (κ1) is 11.4. The van der Waals surface area contributed by atoms with Crippen molar-refractivity contribution in [1.82, 2.24) is 0 Å². The summed E-state index contributed by atoms with van der Waals surface area (Å²) >= 11 is 0. The van der Waals surface area contributed by atoms with Crippen molar-refractivity contribution < 1.29 is 4.39 Å². The highest BCUT2D eigenvalue weighted by Gasteiger charge is 2.31. The van der Waals surface area contributed by atoms with Gasteiger partial charge in [0.15, 0.2) is 0 Å². The van der Waals surface area contributed by atoms with Crippen molar-refractivity contribution in [3.8, 4) is 0 Å². The predicted molar refractivity (Wildman–Crippen MR) is 64.9 cm³/mol. The van der Waals surface area contributed by atoms with Gasteiger partial charge >= 0.3 is 0 Å². The molecule has 1 atom stereocenters. The fraction of sp³-hybridized carbons (Fsp3) is 0.538. The lowest BCUT2D eigenvalue weighted by atomic mass is 10.1. The fourth-order valence-electron chi connectivity index (χ4n) is 2.22. The topological polar surface area (TPSA) is 29.3 Å². The third kappa shape index (κ3) is 2.05. The van der Waals surface area contributed by atoms with Crippen LogP contribution in [0.1, 0.15) is 25.3 Å². The van der Waals surface area contributed by atoms with Crippen LogP contribution in [0.25, 0.3) is 0 Å². The monoisotopic (exact) mass is 222 g/mol. The highest BCUT2D eigenvalue weighted by molar-refractivity contribution is 5.55. The zero-order valence-electron chi connectivity index (χ0n) is 9.91. The highest BCUT2D eigenvalue weighted by atomic mass is 19.1. The fourth-order valence-corrected chi connectivity index (χ4v) is 2.22. The van der Waals surface area contributed by atoms with Crippen molar-refractivity contribution >= 4 is 5.69 Å². The summed E-state index contributed by atoms with van der Waals surface area (Å²) in [4.78, 5) is 2.04. The molecule has 0 spiro atoms. The van der Waals surface area contributed by atoms with Gasteiger partial charge in [-0.2, -0.15) is 0 Å². The van der Waals surface area contributed by atoms with Gasteiger partial charge in [-0.15, -0.1) is 0 Å². The summed E-state index contributed by atoms with van der Waals surface area (Å²) < 4.78 is 13.8. The maximum Gasteiger partial charge on any atom is 0.146 e. The molecule has 2 N–H and O–H groups in total. The Bertz CT molecular complexity index is 374. The largest absolute Gasteiger partial charge is 0.369 e. The minimum absolute atomic E-state index is 0.169. The molecule has 0 heterocycles. The van der Waals surface area contributed by atoms with Gasteiger partial charge in [-0.1, -0.05) is 12.1 Å². The number of hydrogen-bond acceptors (Lipinski definition) is 2. The molecule has 1 unspecified atom stereocenters. The molecule has 88 valence electrons. The molecular formula is C13H19FN2. The summed E-state index contributed by atoms with van der Waals surface area (Å²) in [5, 5.41) is 0. The number of para-hydroxylation sites is 1. The van der Waals surface area contributed by atoms with Crippen molar-refractivity contribution in [2.45, 2.75) is 32.4 Å². The van der Waals surface area contributed by atoms with Gasteiger partial charge in [-0.3, -0.25) is 0 Å². The zero-order chi connectivity index (χ0) is 11.7. The van der Waals surface area contributed by atoms with Gasteiger partial charge in [-0.05, 0) is 37.3 Å². The van der Waals surface area contributed by atoms with E-state index in [1.54, 1.807) is 6.07 Å². The molecular weight excluding hydrogens is 203 g/mol. The Labute approximate surface area is 96.2 Å². The van der Waals surface area contributed by atoms with Gasteiger partial charge in [0.1, 0.15) is 5.82 Å². The number of halogens is 1. The van der Waals surface area contributed by atoms with E-state index in [0.29, 0.717) is 18.3 Å². The van der Waals surface area contributed by atoms with E-state index in [2.05, 4.69) is 6.92 Å². The summed E-state index contributed by atoms with van der Waals surface area (Å²) in [6.07, 6.45) is 2.52. The van der Waals surface area contributed by atoms with Crippen LogP contribution < -0.4 is 10.6 Å². The third-order valence-electron chi connectivity index (χ3n) is 3.56. The van der Waals surface area contributed by atoms with E-state index in [0.717, 1.165) is 11.5 Å². The van der Waals surface area contributed by atoms with Crippen molar-refractivity contribution in [2.75, 3.05) is 11.9 Å². The Hall–Kier alpha value is -1.09. The van der Waals surface area contributed by atoms with Gasteiger partial charge in [0.25, 0.3) is 0 Å². The van der Waals surface area contributed by atoms with Crippen LogP contribution in [0.5, 0.6) is 0 Å². The molecule has 2 nitrogen and oxygen atoms in total. The van der Waals surface area contributed by atoms with Crippen LogP contribution in [0, 0.1) is 11.7 Å². The van der Waals surface area contributed by atoms with Gasteiger partial charge in [-0.25, -0.2) is 4.39 Å². The van der Waals surface area contributed by atoms with Crippen LogP contribution in [-0.2, 0) is 6.54 Å². The molecule has 1 saturated carbocycles. The first-order chi connectivity index (χ1) is 7.65. The Morgan fingerprint density at radius 2 is 2.19 bits per heavy atom. The van der Waals surface area contributed by atoms with E-state index in [1.807, 2.05) is 18.0 Å². The molecule has 2 rings (SSSR count). The maximum atomic E-state index is 13.8. The Kier molecular flexibility index (Phi) is 3.15. The number of nitrogens with zero attached hydrogens (tertiary/aromatic N) is 1. The van der Waals surface area contributed by atoms with Crippen LogP contribution in [0.4, 0.5) is 10.1 Å². The summed E-state index contributed by atoms with van der Waals surface area (Å²) in [5.74, 6) is 0.549. The van der Waals surface area contributed by atoms with Crippen LogP contribution in [0.2, 0.25) is 0 Å². The average Bonchev–Trinajstić information content (AvgIpc) is 3.10. The summed E-state index contributed by atoms with van der Waals surface area (Å²) in [6, 6.07) is 5.51. The number of rotatable bonds is 4. The van der Waals surface area contributed by atoms with Crippen LogP contribution >= 0.6 is 0 Å². The minimum atomic E-state index is -0.169. The van der Waals surface area contributed by atoms with E-state index < -0.39 is 0 Å². The Balaban J connectivity index is 2.30. The van der Waals surface area contributed by atoms with Crippen molar-refractivity contribution in [1.29, 1.82) is 0 Å². The molecule has 1 aromatic carbocycles. The molecule has 0 aromatic heterocycles. The SMILES string of the molecule is CC(C1CC1)N(C)c1c(F)cccc1CN. The lowest BCUT2D eigenvalue weighted by Crippen LogP contribution is -2.32. The summed E-state index contributed by atoms with van der Waals surface area (Å²) in [7, 11) is 1.96. The molecule has 0 radical (unpaired) electrons. The van der Waals surface area contributed by atoms with Crippen LogP contribution in [-0.4, -0.2) is 13.1 Å². The van der Waals surface area contributed by atoms with Crippen LogP contribution in [0.15, 0.2) is 18.2 Å². The molecule has 1 aliphatic carbocycles. The maximum absolute atomic E-state index is 13.8. The van der Waals surface area contributed by atoms with E-state index in [-0.39, 0.29) is 5.82 Å². The standard InChI is InChI=1S/C13H19FN2/c1-9(10-6-7-10)16(2)13-11(8-15)4-3-5-12(13)14/h3-5,9-10H,6-8,15H2,1-2H3. The lowest BCUT2D eigenvalue weighted by Gasteiger charge is -2.29. The molecule has 0 bridgehead atoms. The van der Waals surface area contributed by atoms with Gasteiger partial charge in [0, 0.05) is 19.6 Å². The Morgan fingerprint density at radius 1 is 1.50 bits per heavy atom. The second kappa shape index (κ2) is 4.42. The smallest absolute Gasteiger partial charge is 0.146 e. The summed E-state index contributed by atoms with van der Waals surface area (Å²) in [5.41, 5.74) is 7.21. The number of benzene rings is 1. The van der Waals surface area contributed by atoms with Crippen molar-refractivity contribution in [3.05, 3.63) is 29.6 Å². The quantitative estimate of drug-likeness (QED) is 0.848. The molecule has 0 amide bonds. The van der Waals surface area contributed by atoms with Gasteiger partial charge in [0.05, 0.1) is 5.69 Å². The number of hydrogen-bond donors (Lipinski definition) is 1. The molecule has 3 heteroatoms. The predicted octanol–water partition coefficient (Wildman–Crippen LogP) is 2.52. The lowest BCUT2D eigenvalue weighted by molar-refractivity contribution is 0.573. The van der Waals surface area contributed by atoms with E-state index in [4.69, 9.17) is 5.73 Å². The van der Waals surface area contributed by atoms with E-state index >= 15 is 0 Å². The molecule has 1 aliphatic rings. The summed E-state index contributed by atoms with van der Waals surface area (Å²) in [6.45, 7) is 2.54. The van der Waals surface area contributed by atoms with E-state index in [1.165, 1.54) is 18.9 Å². The minimum Gasteiger partial charge on any atom is -0.369 e. The first-order valence-corrected chi connectivity index (χ1v) is 5.85. The first-order valence-electron chi connectivity index (χ1n) is 5.85. The second-order valence-electron chi connectivity index (χ2n) is 4.64. The molecule has 1 fully saturated rings. The van der Waals surface area contributed by atoms with Crippen LogP contribution in [0.3, 0.4) is 0 Å². The Morgan fingerprint density at radius 3 is 2.75 bits per heavy atom. The van der Waals surface area contributed by atoms with Gasteiger partial charge in [0.2, 0.25) is 0 Å². The number of anilines is 1. The average molecular weight is 222 g/mol. The molecule has 1 aromatic rings. The van der Waals surface area contributed by atoms with Gasteiger partial charge < -0.3 is 10.6 Å². The second-order valence-corrected chi connectivity index (χ2v) is 4.64. The zero-order valence-corrected chi connectivity index (χ0v) is 9.91. The number of nitrogens with two attached hydrogens (primary N) is 1. The molecule has 0 aliphatic heterocycles. The molecule has 0 saturated heterocycles. The van der Waals surface area contributed by atoms with Crippen molar-refractivity contribution in [2.24, 2.45) is 11.7 Å². The van der Waals surface area contributed by atoms with Crippen molar-refractivity contribution in [3.63, 3.8) is 0 Å². The highest BCUT2D eigenvalue weighted by Crippen LogP contribution is 2.37.